The summed E-state index contributed by atoms with van der Waals surface area (Å²) in [5, 5.41) is 13.7. The van der Waals surface area contributed by atoms with Crippen LogP contribution >= 0.6 is 11.3 Å². The van der Waals surface area contributed by atoms with Crippen molar-refractivity contribution in [2.75, 3.05) is 5.32 Å². The number of aromatic nitrogens is 2. The van der Waals surface area contributed by atoms with Gasteiger partial charge < -0.3 is 5.32 Å². The highest BCUT2D eigenvalue weighted by Gasteiger charge is 2.38. The zero-order chi connectivity index (χ0) is 13.4. The minimum atomic E-state index is -0.181. The van der Waals surface area contributed by atoms with Crippen molar-refractivity contribution in [1.29, 1.82) is 0 Å². The van der Waals surface area contributed by atoms with E-state index >= 15 is 0 Å². The predicted octanol–water partition coefficient (Wildman–Crippen LogP) is 3.77. The quantitative estimate of drug-likeness (QED) is 0.924. The monoisotopic (exact) mass is 277 g/mol. The number of nitrogens with one attached hydrogen (secondary N) is 1. The molecule has 0 saturated heterocycles. The number of anilines is 1. The van der Waals surface area contributed by atoms with Gasteiger partial charge in [0.1, 0.15) is 10.8 Å². The molecule has 0 radical (unpaired) electrons. The highest BCUT2D eigenvalue weighted by Crippen LogP contribution is 2.43. The number of hydrogen-bond acceptors (Lipinski definition) is 4. The standard InChI is InChI=1S/C14H16FN3S/c1-8(2)13-17-18-14(19-13)16-12-7-11(12)9-3-5-10(15)6-4-9/h3-6,8,11-12H,7H2,1-2H3,(H,16,18)/t11-,12+/m0/s1. The lowest BCUT2D eigenvalue weighted by Gasteiger charge is -2.01. The third kappa shape index (κ3) is 2.76. The van der Waals surface area contributed by atoms with Crippen LogP contribution in [0.15, 0.2) is 24.3 Å². The van der Waals surface area contributed by atoms with Crippen LogP contribution < -0.4 is 5.32 Å². The van der Waals surface area contributed by atoms with E-state index in [1.807, 2.05) is 12.1 Å². The normalized spacial score (nSPS) is 21.7. The average Bonchev–Trinajstić information content (AvgIpc) is 2.97. The fourth-order valence-corrected chi connectivity index (χ4v) is 2.93. The lowest BCUT2D eigenvalue weighted by atomic mass is 10.1. The largest absolute Gasteiger partial charge is 0.357 e. The van der Waals surface area contributed by atoms with Gasteiger partial charge in [-0.15, -0.1) is 10.2 Å². The molecular formula is C14H16FN3S. The Morgan fingerprint density at radius 2 is 2.00 bits per heavy atom. The number of benzene rings is 1. The summed E-state index contributed by atoms with van der Waals surface area (Å²) in [7, 11) is 0. The van der Waals surface area contributed by atoms with Crippen LogP contribution in [0.4, 0.5) is 9.52 Å². The maximum atomic E-state index is 12.9. The van der Waals surface area contributed by atoms with E-state index in [1.165, 1.54) is 17.7 Å². The molecule has 1 fully saturated rings. The van der Waals surface area contributed by atoms with Gasteiger partial charge in [-0.1, -0.05) is 37.3 Å². The Bertz CT molecular complexity index is 564. The molecule has 3 rings (SSSR count). The van der Waals surface area contributed by atoms with E-state index in [0.29, 0.717) is 17.9 Å². The van der Waals surface area contributed by atoms with Gasteiger partial charge in [-0.2, -0.15) is 0 Å². The smallest absolute Gasteiger partial charge is 0.205 e. The lowest BCUT2D eigenvalue weighted by molar-refractivity contribution is 0.627. The molecule has 1 saturated carbocycles. The van der Waals surface area contributed by atoms with Crippen LogP contribution in [-0.4, -0.2) is 16.2 Å². The molecule has 0 amide bonds. The lowest BCUT2D eigenvalue weighted by Crippen LogP contribution is -2.03. The Balaban J connectivity index is 1.62. The van der Waals surface area contributed by atoms with Gasteiger partial charge in [-0.3, -0.25) is 0 Å². The molecule has 1 aliphatic rings. The fourth-order valence-electron chi connectivity index (χ4n) is 2.12. The molecule has 100 valence electrons. The maximum absolute atomic E-state index is 12.9. The molecule has 1 aliphatic carbocycles. The van der Waals surface area contributed by atoms with Crippen LogP contribution in [0, 0.1) is 5.82 Å². The zero-order valence-corrected chi connectivity index (χ0v) is 11.7. The van der Waals surface area contributed by atoms with E-state index in [2.05, 4.69) is 29.4 Å². The first-order valence-corrected chi connectivity index (χ1v) is 7.30. The molecule has 1 N–H and O–H groups in total. The van der Waals surface area contributed by atoms with Crippen molar-refractivity contribution in [3.05, 3.63) is 40.7 Å². The highest BCUT2D eigenvalue weighted by atomic mass is 32.1. The van der Waals surface area contributed by atoms with Crippen molar-refractivity contribution in [1.82, 2.24) is 10.2 Å². The van der Waals surface area contributed by atoms with Crippen molar-refractivity contribution in [2.45, 2.75) is 38.1 Å². The van der Waals surface area contributed by atoms with Gasteiger partial charge in [0.25, 0.3) is 0 Å². The summed E-state index contributed by atoms with van der Waals surface area (Å²) < 4.78 is 12.9. The third-order valence-electron chi connectivity index (χ3n) is 3.33. The number of rotatable bonds is 4. The molecule has 1 heterocycles. The molecular weight excluding hydrogens is 261 g/mol. The first-order valence-electron chi connectivity index (χ1n) is 6.49. The summed E-state index contributed by atoms with van der Waals surface area (Å²) in [6, 6.07) is 7.17. The van der Waals surface area contributed by atoms with Crippen LogP contribution in [0.5, 0.6) is 0 Å². The summed E-state index contributed by atoms with van der Waals surface area (Å²) >= 11 is 1.62. The van der Waals surface area contributed by atoms with Crippen molar-refractivity contribution < 1.29 is 4.39 Å². The maximum Gasteiger partial charge on any atom is 0.205 e. The zero-order valence-electron chi connectivity index (χ0n) is 10.9. The molecule has 5 heteroatoms. The van der Waals surface area contributed by atoms with Gasteiger partial charge in [0, 0.05) is 17.9 Å². The molecule has 2 aromatic rings. The van der Waals surface area contributed by atoms with Gasteiger partial charge in [0.15, 0.2) is 0 Å². The molecule has 0 aliphatic heterocycles. The summed E-state index contributed by atoms with van der Waals surface area (Å²) in [5.41, 5.74) is 1.19. The Kier molecular flexibility index (Phi) is 3.22. The van der Waals surface area contributed by atoms with Crippen LogP contribution in [0.2, 0.25) is 0 Å². The number of halogens is 1. The highest BCUT2D eigenvalue weighted by molar-refractivity contribution is 7.15. The third-order valence-corrected chi connectivity index (χ3v) is 4.49. The van der Waals surface area contributed by atoms with Crippen molar-refractivity contribution in [3.63, 3.8) is 0 Å². The second-order valence-corrected chi connectivity index (χ2v) is 6.25. The van der Waals surface area contributed by atoms with Crippen LogP contribution in [0.1, 0.15) is 42.7 Å². The fraction of sp³-hybridized carbons (Fsp3) is 0.429. The topological polar surface area (TPSA) is 37.8 Å². The summed E-state index contributed by atoms with van der Waals surface area (Å²) in [6.07, 6.45) is 1.07. The summed E-state index contributed by atoms with van der Waals surface area (Å²) in [6.45, 7) is 4.23. The van der Waals surface area contributed by atoms with Crippen LogP contribution in [-0.2, 0) is 0 Å². The second-order valence-electron chi connectivity index (χ2n) is 5.24. The predicted molar refractivity (Wildman–Crippen MR) is 75.2 cm³/mol. The number of hydrogen-bond donors (Lipinski definition) is 1. The summed E-state index contributed by atoms with van der Waals surface area (Å²) in [4.78, 5) is 0. The van der Waals surface area contributed by atoms with Gasteiger partial charge in [-0.25, -0.2) is 4.39 Å². The van der Waals surface area contributed by atoms with Gasteiger partial charge in [0.05, 0.1) is 0 Å². The first kappa shape index (κ1) is 12.5. The molecule has 0 bridgehead atoms. The molecule has 19 heavy (non-hydrogen) atoms. The van der Waals surface area contributed by atoms with E-state index in [9.17, 15) is 4.39 Å². The van der Waals surface area contributed by atoms with E-state index in [1.54, 1.807) is 11.3 Å². The van der Waals surface area contributed by atoms with Crippen molar-refractivity contribution >= 4 is 16.5 Å². The second kappa shape index (κ2) is 4.89. The molecule has 2 atom stereocenters. The number of nitrogens with zero attached hydrogens (tertiary/aromatic N) is 2. The Labute approximate surface area is 115 Å². The minimum absolute atomic E-state index is 0.181. The van der Waals surface area contributed by atoms with Crippen LogP contribution in [0.3, 0.4) is 0 Å². The molecule has 0 spiro atoms. The van der Waals surface area contributed by atoms with Crippen molar-refractivity contribution in [2.24, 2.45) is 0 Å². The molecule has 1 aromatic heterocycles. The van der Waals surface area contributed by atoms with E-state index in [-0.39, 0.29) is 5.82 Å². The average molecular weight is 277 g/mol. The van der Waals surface area contributed by atoms with E-state index < -0.39 is 0 Å². The van der Waals surface area contributed by atoms with Gasteiger partial charge >= 0.3 is 0 Å². The van der Waals surface area contributed by atoms with Crippen LogP contribution in [0.25, 0.3) is 0 Å². The van der Waals surface area contributed by atoms with E-state index in [0.717, 1.165) is 16.6 Å². The Morgan fingerprint density at radius 3 is 2.63 bits per heavy atom. The Morgan fingerprint density at radius 1 is 1.26 bits per heavy atom. The Hall–Kier alpha value is -1.49. The van der Waals surface area contributed by atoms with Gasteiger partial charge in [-0.05, 0) is 24.1 Å². The van der Waals surface area contributed by atoms with Gasteiger partial charge in [0.2, 0.25) is 5.13 Å². The summed E-state index contributed by atoms with van der Waals surface area (Å²) in [5.74, 6) is 0.701. The molecule has 0 unspecified atom stereocenters. The van der Waals surface area contributed by atoms with E-state index in [4.69, 9.17) is 0 Å². The SMILES string of the molecule is CC(C)c1nnc(N[C@@H]2C[C@H]2c2ccc(F)cc2)s1. The first-order chi connectivity index (χ1) is 9.13. The minimum Gasteiger partial charge on any atom is -0.357 e. The molecule has 3 nitrogen and oxygen atoms in total. The molecule has 1 aromatic carbocycles. The van der Waals surface area contributed by atoms with Crippen molar-refractivity contribution in [3.8, 4) is 0 Å².